The van der Waals surface area contributed by atoms with Crippen molar-refractivity contribution in [2.75, 3.05) is 27.9 Å². The molecule has 7 nitrogen and oxygen atoms in total. The van der Waals surface area contributed by atoms with Crippen molar-refractivity contribution in [3.05, 3.63) is 36.4 Å². The van der Waals surface area contributed by atoms with Crippen molar-refractivity contribution in [2.24, 2.45) is 11.7 Å². The van der Waals surface area contributed by atoms with Gasteiger partial charge in [0.1, 0.15) is 17.5 Å². The molecule has 2 N–H and O–H groups in total. The monoisotopic (exact) mass is 378 g/mol. The predicted octanol–water partition coefficient (Wildman–Crippen LogP) is 2.13. The highest BCUT2D eigenvalue weighted by molar-refractivity contribution is 5.81. The molecule has 1 unspecified atom stereocenters. The number of nitrogens with two attached hydrogens (primary N) is 1. The third kappa shape index (κ3) is 6.60. The SMILES string of the molecule is C=CCC(C[C@H](N)C(=O)OCC)C(=O)N(C)Cc1ccc(OC)cc1OC. The lowest BCUT2D eigenvalue weighted by Gasteiger charge is -2.25. The van der Waals surface area contributed by atoms with Gasteiger partial charge in [-0.1, -0.05) is 6.08 Å². The Hall–Kier alpha value is -2.54. The second kappa shape index (κ2) is 11.2. The molecule has 2 atom stereocenters. The minimum absolute atomic E-state index is 0.118. The largest absolute Gasteiger partial charge is 0.497 e. The van der Waals surface area contributed by atoms with Crippen molar-refractivity contribution in [3.63, 3.8) is 0 Å². The van der Waals surface area contributed by atoms with Gasteiger partial charge in [0.2, 0.25) is 5.91 Å². The quantitative estimate of drug-likeness (QED) is 0.469. The second-order valence-electron chi connectivity index (χ2n) is 6.19. The highest BCUT2D eigenvalue weighted by Crippen LogP contribution is 2.26. The summed E-state index contributed by atoms with van der Waals surface area (Å²) in [6.45, 7) is 6.02. The minimum atomic E-state index is -0.845. The maximum Gasteiger partial charge on any atom is 0.322 e. The third-order valence-electron chi connectivity index (χ3n) is 4.21. The van der Waals surface area contributed by atoms with Gasteiger partial charge in [-0.3, -0.25) is 9.59 Å². The first-order valence-electron chi connectivity index (χ1n) is 8.86. The van der Waals surface area contributed by atoms with E-state index in [1.165, 1.54) is 0 Å². The standard InChI is InChI=1S/C20H30N2O5/c1-6-8-14(11-17(21)20(24)27-7-2)19(23)22(3)13-15-9-10-16(25-4)12-18(15)26-5/h6,9-10,12,14,17H,1,7-8,11,13,21H2,2-5H3/t14?,17-/m0/s1. The van der Waals surface area contributed by atoms with E-state index >= 15 is 0 Å². The first-order chi connectivity index (χ1) is 12.9. The average Bonchev–Trinajstić information content (AvgIpc) is 2.67. The van der Waals surface area contributed by atoms with Crippen molar-refractivity contribution < 1.29 is 23.8 Å². The highest BCUT2D eigenvalue weighted by Gasteiger charge is 2.27. The summed E-state index contributed by atoms with van der Waals surface area (Å²) in [6, 6.07) is 4.59. The van der Waals surface area contributed by atoms with Crippen LogP contribution in [0.5, 0.6) is 11.5 Å². The van der Waals surface area contributed by atoms with Crippen LogP contribution in [0.2, 0.25) is 0 Å². The molecule has 1 aromatic rings. The van der Waals surface area contributed by atoms with E-state index in [2.05, 4.69) is 6.58 Å². The highest BCUT2D eigenvalue weighted by atomic mass is 16.5. The molecule has 0 saturated carbocycles. The van der Waals surface area contributed by atoms with Crippen LogP contribution in [-0.2, 0) is 20.9 Å². The molecule has 0 saturated heterocycles. The zero-order valence-corrected chi connectivity index (χ0v) is 16.6. The van der Waals surface area contributed by atoms with Crippen LogP contribution in [0.1, 0.15) is 25.3 Å². The Labute approximate surface area is 161 Å². The van der Waals surface area contributed by atoms with Gasteiger partial charge < -0.3 is 24.8 Å². The fourth-order valence-corrected chi connectivity index (χ4v) is 2.78. The summed E-state index contributed by atoms with van der Waals surface area (Å²) in [6.07, 6.45) is 2.28. The number of nitrogens with zero attached hydrogens (tertiary/aromatic N) is 1. The molecule has 0 radical (unpaired) electrons. The Bertz CT molecular complexity index is 647. The Morgan fingerprint density at radius 2 is 2.00 bits per heavy atom. The smallest absolute Gasteiger partial charge is 0.322 e. The zero-order chi connectivity index (χ0) is 20.4. The first-order valence-corrected chi connectivity index (χ1v) is 8.86. The number of hydrogen-bond acceptors (Lipinski definition) is 6. The number of rotatable bonds is 11. The van der Waals surface area contributed by atoms with E-state index in [1.807, 2.05) is 12.1 Å². The van der Waals surface area contributed by atoms with Gasteiger partial charge in [-0.15, -0.1) is 6.58 Å². The number of carbonyl (C=O) groups excluding carboxylic acids is 2. The van der Waals surface area contributed by atoms with Crippen LogP contribution in [0.4, 0.5) is 0 Å². The fraction of sp³-hybridized carbons (Fsp3) is 0.500. The summed E-state index contributed by atoms with van der Waals surface area (Å²) in [7, 11) is 4.85. The summed E-state index contributed by atoms with van der Waals surface area (Å²) in [5.41, 5.74) is 6.74. The van der Waals surface area contributed by atoms with E-state index in [0.717, 1.165) is 5.56 Å². The molecule has 1 amide bonds. The molecule has 1 rings (SSSR count). The van der Waals surface area contributed by atoms with Crippen LogP contribution in [0.25, 0.3) is 0 Å². The average molecular weight is 378 g/mol. The van der Waals surface area contributed by atoms with E-state index < -0.39 is 17.9 Å². The number of benzene rings is 1. The van der Waals surface area contributed by atoms with E-state index in [4.69, 9.17) is 19.9 Å². The van der Waals surface area contributed by atoms with E-state index in [0.29, 0.717) is 24.5 Å². The molecule has 0 aliphatic carbocycles. The molecule has 7 heteroatoms. The summed E-state index contributed by atoms with van der Waals surface area (Å²) in [4.78, 5) is 26.3. The van der Waals surface area contributed by atoms with E-state index in [-0.39, 0.29) is 18.9 Å². The molecular formula is C20H30N2O5. The third-order valence-corrected chi connectivity index (χ3v) is 4.21. The van der Waals surface area contributed by atoms with Gasteiger partial charge in [0.05, 0.1) is 20.8 Å². The molecular weight excluding hydrogens is 348 g/mol. The Morgan fingerprint density at radius 1 is 1.30 bits per heavy atom. The fourth-order valence-electron chi connectivity index (χ4n) is 2.78. The van der Waals surface area contributed by atoms with Gasteiger partial charge in [-0.05, 0) is 31.9 Å². The van der Waals surface area contributed by atoms with Gasteiger partial charge in [0.25, 0.3) is 0 Å². The molecule has 0 heterocycles. The first kappa shape index (κ1) is 22.5. The molecule has 0 fully saturated rings. The molecule has 1 aromatic carbocycles. The number of hydrogen-bond donors (Lipinski definition) is 1. The molecule has 0 aliphatic rings. The van der Waals surface area contributed by atoms with Gasteiger partial charge in [0.15, 0.2) is 0 Å². The minimum Gasteiger partial charge on any atom is -0.497 e. The summed E-state index contributed by atoms with van der Waals surface area (Å²) < 4.78 is 15.5. The normalized spacial score (nSPS) is 12.6. The number of methoxy groups -OCH3 is 2. The lowest BCUT2D eigenvalue weighted by Crippen LogP contribution is -2.39. The molecule has 0 aromatic heterocycles. The van der Waals surface area contributed by atoms with Gasteiger partial charge in [-0.2, -0.15) is 0 Å². The Morgan fingerprint density at radius 3 is 2.56 bits per heavy atom. The lowest BCUT2D eigenvalue weighted by molar-refractivity contribution is -0.145. The van der Waals surface area contributed by atoms with Crippen molar-refractivity contribution in [2.45, 2.75) is 32.4 Å². The Balaban J connectivity index is 2.86. The summed E-state index contributed by atoms with van der Waals surface area (Å²) in [5.74, 6) is 0.245. The number of allylic oxidation sites excluding steroid dienone is 1. The Kier molecular flexibility index (Phi) is 9.36. The topological polar surface area (TPSA) is 91.1 Å². The number of ether oxygens (including phenoxy) is 3. The van der Waals surface area contributed by atoms with Gasteiger partial charge in [-0.25, -0.2) is 0 Å². The number of carbonyl (C=O) groups is 2. The number of esters is 1. The molecule has 27 heavy (non-hydrogen) atoms. The van der Waals surface area contributed by atoms with Crippen molar-refractivity contribution >= 4 is 11.9 Å². The van der Waals surface area contributed by atoms with Crippen LogP contribution in [0.3, 0.4) is 0 Å². The van der Waals surface area contributed by atoms with Gasteiger partial charge in [0, 0.05) is 31.1 Å². The van der Waals surface area contributed by atoms with E-state index in [9.17, 15) is 9.59 Å². The van der Waals surface area contributed by atoms with Crippen LogP contribution in [0.15, 0.2) is 30.9 Å². The molecule has 0 spiro atoms. The van der Waals surface area contributed by atoms with Crippen molar-refractivity contribution in [3.8, 4) is 11.5 Å². The van der Waals surface area contributed by atoms with Crippen LogP contribution < -0.4 is 15.2 Å². The van der Waals surface area contributed by atoms with Gasteiger partial charge >= 0.3 is 5.97 Å². The van der Waals surface area contributed by atoms with Crippen molar-refractivity contribution in [1.82, 2.24) is 4.90 Å². The number of amides is 1. The molecule has 150 valence electrons. The lowest BCUT2D eigenvalue weighted by atomic mass is 9.95. The predicted molar refractivity (Wildman–Crippen MR) is 104 cm³/mol. The maximum absolute atomic E-state index is 12.9. The summed E-state index contributed by atoms with van der Waals surface area (Å²) in [5, 5.41) is 0. The van der Waals surface area contributed by atoms with Crippen LogP contribution in [-0.4, -0.2) is 50.7 Å². The zero-order valence-electron chi connectivity index (χ0n) is 16.6. The van der Waals surface area contributed by atoms with Crippen molar-refractivity contribution in [1.29, 1.82) is 0 Å². The molecule has 0 bridgehead atoms. The maximum atomic E-state index is 12.9. The summed E-state index contributed by atoms with van der Waals surface area (Å²) >= 11 is 0. The van der Waals surface area contributed by atoms with Crippen LogP contribution in [0, 0.1) is 5.92 Å². The van der Waals surface area contributed by atoms with Crippen LogP contribution >= 0.6 is 0 Å². The van der Waals surface area contributed by atoms with E-state index in [1.54, 1.807) is 45.2 Å². The molecule has 0 aliphatic heterocycles. The second-order valence-corrected chi connectivity index (χ2v) is 6.19.